The van der Waals surface area contributed by atoms with Crippen molar-refractivity contribution >= 4 is 34.6 Å². The van der Waals surface area contributed by atoms with Gasteiger partial charge in [-0.2, -0.15) is 0 Å². The van der Waals surface area contributed by atoms with Gasteiger partial charge in [0.2, 0.25) is 6.79 Å². The number of aromatic nitrogens is 2. The normalized spacial score (nSPS) is 18.6. The van der Waals surface area contributed by atoms with Crippen LogP contribution in [-0.2, 0) is 0 Å². The van der Waals surface area contributed by atoms with Gasteiger partial charge in [-0.1, -0.05) is 23.7 Å². The van der Waals surface area contributed by atoms with E-state index < -0.39 is 0 Å². The molecule has 182 valence electrons. The lowest BCUT2D eigenvalue weighted by molar-refractivity contribution is 0.174. The molecule has 2 aromatic heterocycles. The van der Waals surface area contributed by atoms with E-state index in [1.165, 1.54) is 0 Å². The summed E-state index contributed by atoms with van der Waals surface area (Å²) in [6.07, 6.45) is 1.82. The molecule has 2 atom stereocenters. The van der Waals surface area contributed by atoms with Gasteiger partial charge in [0.15, 0.2) is 16.6 Å². The van der Waals surface area contributed by atoms with Crippen LogP contribution in [-0.4, -0.2) is 21.5 Å². The molecular formula is C28H25ClN4O2S. The van der Waals surface area contributed by atoms with E-state index in [2.05, 4.69) is 52.7 Å². The molecule has 2 aliphatic heterocycles. The average molecular weight is 517 g/mol. The SMILES string of the molecule is Cc1c(Cl)cccc1-n1c(C)cc(C2C(c3ccccn3)NC(=S)N2c2ccc3c(c2)OCO3)c1C. The number of ether oxygens (including phenoxy) is 2. The van der Waals surface area contributed by atoms with E-state index in [4.69, 9.17) is 33.3 Å². The van der Waals surface area contributed by atoms with E-state index in [1.807, 2.05) is 54.7 Å². The van der Waals surface area contributed by atoms with E-state index >= 15 is 0 Å². The number of pyridine rings is 1. The largest absolute Gasteiger partial charge is 0.454 e. The molecule has 0 spiro atoms. The second kappa shape index (κ2) is 8.84. The second-order valence-corrected chi connectivity index (χ2v) is 9.87. The third-order valence-electron chi connectivity index (χ3n) is 7.00. The third-order valence-corrected chi connectivity index (χ3v) is 7.73. The summed E-state index contributed by atoms with van der Waals surface area (Å²) in [6, 6.07) is 19.9. The highest BCUT2D eigenvalue weighted by molar-refractivity contribution is 7.80. The number of nitrogens with zero attached hydrogens (tertiary/aromatic N) is 3. The van der Waals surface area contributed by atoms with Crippen LogP contribution in [0.2, 0.25) is 5.02 Å². The Hall–Kier alpha value is -3.55. The van der Waals surface area contributed by atoms with Crippen LogP contribution in [0.5, 0.6) is 11.5 Å². The van der Waals surface area contributed by atoms with Gasteiger partial charge in [0, 0.05) is 40.0 Å². The van der Waals surface area contributed by atoms with Crippen LogP contribution in [0, 0.1) is 20.8 Å². The topological polar surface area (TPSA) is 51.6 Å². The van der Waals surface area contributed by atoms with Crippen LogP contribution < -0.4 is 19.7 Å². The number of rotatable bonds is 4. The number of benzene rings is 2. The Balaban J connectivity index is 1.53. The maximum absolute atomic E-state index is 6.50. The van der Waals surface area contributed by atoms with E-state index in [9.17, 15) is 0 Å². The van der Waals surface area contributed by atoms with Gasteiger partial charge in [0.1, 0.15) is 0 Å². The highest BCUT2D eigenvalue weighted by atomic mass is 35.5. The van der Waals surface area contributed by atoms with E-state index in [0.29, 0.717) is 5.11 Å². The number of fused-ring (bicyclic) bond motifs is 1. The summed E-state index contributed by atoms with van der Waals surface area (Å²) in [6.45, 7) is 6.55. The Bertz CT molecular complexity index is 1490. The lowest BCUT2D eigenvalue weighted by Crippen LogP contribution is -2.29. The van der Waals surface area contributed by atoms with Crippen LogP contribution in [0.4, 0.5) is 5.69 Å². The van der Waals surface area contributed by atoms with Crippen molar-refractivity contribution in [3.8, 4) is 17.2 Å². The predicted molar refractivity (Wildman–Crippen MR) is 145 cm³/mol. The molecular weight excluding hydrogens is 492 g/mol. The number of halogens is 1. The highest BCUT2D eigenvalue weighted by Gasteiger charge is 2.42. The molecule has 0 saturated carbocycles. The highest BCUT2D eigenvalue weighted by Crippen LogP contribution is 2.46. The molecule has 0 bridgehead atoms. The fraction of sp³-hybridized carbons (Fsp3) is 0.214. The van der Waals surface area contributed by atoms with Crippen LogP contribution >= 0.6 is 23.8 Å². The molecule has 2 aromatic carbocycles. The molecule has 6 nitrogen and oxygen atoms in total. The number of hydrogen-bond donors (Lipinski definition) is 1. The molecule has 1 N–H and O–H groups in total. The molecule has 2 unspecified atom stereocenters. The molecule has 8 heteroatoms. The maximum atomic E-state index is 6.50. The van der Waals surface area contributed by atoms with Crippen molar-refractivity contribution in [1.29, 1.82) is 0 Å². The first-order chi connectivity index (χ1) is 17.4. The predicted octanol–water partition coefficient (Wildman–Crippen LogP) is 6.36. The molecule has 1 saturated heterocycles. The fourth-order valence-electron chi connectivity index (χ4n) is 5.28. The summed E-state index contributed by atoms with van der Waals surface area (Å²) in [7, 11) is 0. The van der Waals surface area contributed by atoms with Gasteiger partial charge in [-0.25, -0.2) is 0 Å². The number of hydrogen-bond acceptors (Lipinski definition) is 4. The van der Waals surface area contributed by atoms with E-state index in [0.717, 1.165) is 56.1 Å². The number of aryl methyl sites for hydroxylation is 1. The average Bonchev–Trinajstić information content (AvgIpc) is 3.56. The number of nitrogens with one attached hydrogen (secondary N) is 1. The minimum atomic E-state index is -0.140. The maximum Gasteiger partial charge on any atom is 0.231 e. The van der Waals surface area contributed by atoms with Crippen molar-refractivity contribution in [2.75, 3.05) is 11.7 Å². The molecule has 0 amide bonds. The molecule has 6 rings (SSSR count). The van der Waals surface area contributed by atoms with Gasteiger partial charge < -0.3 is 24.3 Å². The van der Waals surface area contributed by atoms with Crippen molar-refractivity contribution in [2.24, 2.45) is 0 Å². The monoisotopic (exact) mass is 516 g/mol. The molecule has 36 heavy (non-hydrogen) atoms. The molecule has 2 aliphatic rings. The lowest BCUT2D eigenvalue weighted by Gasteiger charge is -2.28. The second-order valence-electron chi connectivity index (χ2n) is 9.08. The van der Waals surface area contributed by atoms with Crippen molar-refractivity contribution in [1.82, 2.24) is 14.9 Å². The summed E-state index contributed by atoms with van der Waals surface area (Å²) >= 11 is 12.4. The molecule has 4 aromatic rings. The zero-order valence-electron chi connectivity index (χ0n) is 20.2. The van der Waals surface area contributed by atoms with Gasteiger partial charge in [-0.05, 0) is 86.6 Å². The van der Waals surface area contributed by atoms with Crippen molar-refractivity contribution < 1.29 is 9.47 Å². The number of anilines is 1. The summed E-state index contributed by atoms with van der Waals surface area (Å²) in [5, 5.41) is 4.93. The molecule has 4 heterocycles. The standard InChI is InChI=1S/C28H25ClN4O2S/c1-16-13-20(18(3)32(16)23-9-6-7-21(29)17(23)2)27-26(22-8-4-5-12-30-22)31-28(36)33(27)19-10-11-24-25(14-19)35-15-34-24/h4-14,26-27H,15H2,1-3H3,(H,31,36). The summed E-state index contributed by atoms with van der Waals surface area (Å²) < 4.78 is 13.5. The molecule has 0 radical (unpaired) electrons. The Morgan fingerprint density at radius 2 is 1.83 bits per heavy atom. The first-order valence-corrected chi connectivity index (χ1v) is 12.6. The van der Waals surface area contributed by atoms with Gasteiger partial charge in [-0.3, -0.25) is 4.98 Å². The van der Waals surface area contributed by atoms with Crippen LogP contribution in [0.3, 0.4) is 0 Å². The van der Waals surface area contributed by atoms with E-state index in [-0.39, 0.29) is 18.9 Å². The summed E-state index contributed by atoms with van der Waals surface area (Å²) in [5.41, 5.74) is 7.38. The first kappa shape index (κ1) is 22.9. The zero-order valence-corrected chi connectivity index (χ0v) is 21.7. The fourth-order valence-corrected chi connectivity index (χ4v) is 5.80. The van der Waals surface area contributed by atoms with Crippen molar-refractivity contribution in [3.63, 3.8) is 0 Å². The van der Waals surface area contributed by atoms with Crippen molar-refractivity contribution in [3.05, 3.63) is 100 Å². The van der Waals surface area contributed by atoms with E-state index in [1.54, 1.807) is 0 Å². The molecule has 1 fully saturated rings. The Labute approximate surface area is 220 Å². The van der Waals surface area contributed by atoms with Crippen LogP contribution in [0.1, 0.15) is 40.3 Å². The zero-order chi connectivity index (χ0) is 25.0. The lowest BCUT2D eigenvalue weighted by atomic mass is 9.96. The van der Waals surface area contributed by atoms with Gasteiger partial charge in [0.05, 0.1) is 17.8 Å². The smallest absolute Gasteiger partial charge is 0.231 e. The van der Waals surface area contributed by atoms with Gasteiger partial charge in [-0.15, -0.1) is 0 Å². The Morgan fingerprint density at radius 1 is 1.00 bits per heavy atom. The third kappa shape index (κ3) is 3.62. The van der Waals surface area contributed by atoms with Gasteiger partial charge >= 0.3 is 0 Å². The summed E-state index contributed by atoms with van der Waals surface area (Å²) in [4.78, 5) is 6.84. The molecule has 0 aliphatic carbocycles. The minimum absolute atomic E-state index is 0.132. The van der Waals surface area contributed by atoms with Gasteiger partial charge in [0.25, 0.3) is 0 Å². The quantitative estimate of drug-likeness (QED) is 0.319. The minimum Gasteiger partial charge on any atom is -0.454 e. The van der Waals surface area contributed by atoms with Crippen LogP contribution in [0.15, 0.2) is 66.9 Å². The van der Waals surface area contributed by atoms with Crippen LogP contribution in [0.25, 0.3) is 5.69 Å². The Kier molecular flexibility index (Phi) is 5.62. The first-order valence-electron chi connectivity index (χ1n) is 11.8. The van der Waals surface area contributed by atoms with Crippen molar-refractivity contribution in [2.45, 2.75) is 32.9 Å². The number of thiocarbonyl (C=S) groups is 1. The Morgan fingerprint density at radius 3 is 2.64 bits per heavy atom. The summed E-state index contributed by atoms with van der Waals surface area (Å²) in [5.74, 6) is 1.46.